The monoisotopic (exact) mass is 444 g/mol. The molecule has 0 atom stereocenters. The van der Waals surface area contributed by atoms with Crippen molar-refractivity contribution < 1.29 is 9.59 Å². The highest BCUT2D eigenvalue weighted by Crippen LogP contribution is 2.23. The van der Waals surface area contributed by atoms with Crippen LogP contribution in [0.5, 0.6) is 0 Å². The Hall–Kier alpha value is -2.34. The first-order valence-corrected chi connectivity index (χ1v) is 11.4. The number of likely N-dealkylation sites (tertiary alicyclic amines) is 1. The van der Waals surface area contributed by atoms with Crippen molar-refractivity contribution in [3.05, 3.63) is 45.7 Å². The summed E-state index contributed by atoms with van der Waals surface area (Å²) < 4.78 is 1.85. The smallest absolute Gasteiger partial charge is 0.224 e. The van der Waals surface area contributed by atoms with Crippen molar-refractivity contribution in [2.24, 2.45) is 5.92 Å². The molecule has 3 rings (SSSR count). The summed E-state index contributed by atoms with van der Waals surface area (Å²) in [6.45, 7) is 11.4. The van der Waals surface area contributed by atoms with Gasteiger partial charge in [-0.1, -0.05) is 31.5 Å². The SMILES string of the molecule is Cc1ccc(-n2nc(C)c(CC(=O)NC3CCN(C(=O)CC(C)C)CC3)c2C)cc1Cl. The zero-order valence-electron chi connectivity index (χ0n) is 19.2. The van der Waals surface area contributed by atoms with Crippen LogP contribution in [-0.4, -0.2) is 45.6 Å². The number of hydrogen-bond acceptors (Lipinski definition) is 3. The number of benzene rings is 1. The summed E-state index contributed by atoms with van der Waals surface area (Å²) in [7, 11) is 0. The molecule has 0 aliphatic carbocycles. The number of rotatable bonds is 6. The van der Waals surface area contributed by atoms with E-state index in [4.69, 9.17) is 11.6 Å². The molecule has 1 N–H and O–H groups in total. The Morgan fingerprint density at radius 2 is 1.87 bits per heavy atom. The summed E-state index contributed by atoms with van der Waals surface area (Å²) in [4.78, 5) is 26.9. The van der Waals surface area contributed by atoms with Gasteiger partial charge in [-0.15, -0.1) is 0 Å². The Bertz CT molecular complexity index is 959. The number of aryl methyl sites for hydroxylation is 2. The van der Waals surface area contributed by atoms with Crippen LogP contribution in [0.25, 0.3) is 5.69 Å². The number of nitrogens with one attached hydrogen (secondary N) is 1. The lowest BCUT2D eigenvalue weighted by molar-refractivity contribution is -0.133. The van der Waals surface area contributed by atoms with Crippen molar-refractivity contribution in [1.82, 2.24) is 20.0 Å². The van der Waals surface area contributed by atoms with Gasteiger partial charge < -0.3 is 10.2 Å². The average molecular weight is 445 g/mol. The fraction of sp³-hybridized carbons (Fsp3) is 0.542. The molecule has 1 aromatic heterocycles. The Morgan fingerprint density at radius 1 is 1.19 bits per heavy atom. The second-order valence-electron chi connectivity index (χ2n) is 8.99. The molecule has 6 nitrogen and oxygen atoms in total. The van der Waals surface area contributed by atoms with Gasteiger partial charge in [-0.2, -0.15) is 5.10 Å². The summed E-state index contributed by atoms with van der Waals surface area (Å²) in [5.41, 5.74) is 4.64. The zero-order valence-corrected chi connectivity index (χ0v) is 19.9. The van der Waals surface area contributed by atoms with Crippen molar-refractivity contribution in [3.63, 3.8) is 0 Å². The van der Waals surface area contributed by atoms with Gasteiger partial charge in [0.05, 0.1) is 17.8 Å². The molecule has 1 aromatic carbocycles. The van der Waals surface area contributed by atoms with Crippen LogP contribution in [0, 0.1) is 26.7 Å². The van der Waals surface area contributed by atoms with E-state index in [0.29, 0.717) is 36.9 Å². The quantitative estimate of drug-likeness (QED) is 0.727. The first kappa shape index (κ1) is 23.3. The third kappa shape index (κ3) is 5.67. The zero-order chi connectivity index (χ0) is 22.7. The van der Waals surface area contributed by atoms with Gasteiger partial charge in [0.2, 0.25) is 11.8 Å². The van der Waals surface area contributed by atoms with E-state index in [0.717, 1.165) is 41.0 Å². The van der Waals surface area contributed by atoms with Crippen molar-refractivity contribution in [3.8, 4) is 5.69 Å². The molecule has 0 spiro atoms. The molecular formula is C24H33ClN4O2. The van der Waals surface area contributed by atoms with Crippen molar-refractivity contribution in [1.29, 1.82) is 0 Å². The second-order valence-corrected chi connectivity index (χ2v) is 9.40. The molecule has 31 heavy (non-hydrogen) atoms. The lowest BCUT2D eigenvalue weighted by Crippen LogP contribution is -2.47. The molecule has 2 amide bonds. The summed E-state index contributed by atoms with van der Waals surface area (Å²) in [6.07, 6.45) is 2.48. The minimum Gasteiger partial charge on any atom is -0.353 e. The number of piperidine rings is 1. The summed E-state index contributed by atoms with van der Waals surface area (Å²) in [5.74, 6) is 0.586. The molecule has 168 valence electrons. The van der Waals surface area contributed by atoms with Crippen molar-refractivity contribution in [2.75, 3.05) is 13.1 Å². The predicted molar refractivity (Wildman–Crippen MR) is 124 cm³/mol. The third-order valence-electron chi connectivity index (χ3n) is 5.97. The van der Waals surface area contributed by atoms with E-state index in [1.165, 1.54) is 0 Å². The minimum atomic E-state index is -0.000328. The first-order valence-electron chi connectivity index (χ1n) is 11.0. The molecule has 1 aliphatic heterocycles. The molecule has 0 bridgehead atoms. The maximum atomic E-state index is 12.7. The Labute approximate surface area is 190 Å². The molecule has 7 heteroatoms. The maximum Gasteiger partial charge on any atom is 0.224 e. The molecule has 1 fully saturated rings. The van der Waals surface area contributed by atoms with E-state index in [1.807, 2.05) is 48.6 Å². The normalized spacial score (nSPS) is 14.9. The molecule has 1 saturated heterocycles. The standard InChI is InChI=1S/C24H33ClN4O2/c1-15(2)12-24(31)28-10-8-19(9-11-28)26-23(30)14-21-17(4)27-29(18(21)5)20-7-6-16(3)22(25)13-20/h6-7,13,15,19H,8-12,14H2,1-5H3,(H,26,30). The van der Waals surface area contributed by atoms with E-state index in [2.05, 4.69) is 24.3 Å². The van der Waals surface area contributed by atoms with Crippen LogP contribution in [-0.2, 0) is 16.0 Å². The predicted octanol–water partition coefficient (Wildman–Crippen LogP) is 4.15. The lowest BCUT2D eigenvalue weighted by atomic mass is 10.0. The van der Waals surface area contributed by atoms with Gasteiger partial charge in [0.1, 0.15) is 0 Å². The van der Waals surface area contributed by atoms with Crippen LogP contribution in [0.15, 0.2) is 18.2 Å². The summed E-state index contributed by atoms with van der Waals surface area (Å²) in [5, 5.41) is 8.49. The maximum absolute atomic E-state index is 12.7. The van der Waals surface area contributed by atoms with Gasteiger partial charge in [-0.05, 0) is 57.2 Å². The topological polar surface area (TPSA) is 67.2 Å². The first-order chi connectivity index (χ1) is 14.7. The summed E-state index contributed by atoms with van der Waals surface area (Å²) in [6, 6.07) is 5.97. The third-order valence-corrected chi connectivity index (χ3v) is 6.38. The molecular weight excluding hydrogens is 412 g/mol. The Kier molecular flexibility index (Phi) is 7.42. The number of aromatic nitrogens is 2. The number of nitrogens with zero attached hydrogens (tertiary/aromatic N) is 3. The molecule has 1 aliphatic rings. The van der Waals surface area contributed by atoms with E-state index < -0.39 is 0 Å². The van der Waals surface area contributed by atoms with Crippen LogP contribution >= 0.6 is 11.6 Å². The largest absolute Gasteiger partial charge is 0.353 e. The number of amides is 2. The van der Waals surface area contributed by atoms with Crippen LogP contribution in [0.4, 0.5) is 0 Å². The number of halogens is 1. The van der Waals surface area contributed by atoms with Crippen LogP contribution in [0.2, 0.25) is 5.02 Å². The van der Waals surface area contributed by atoms with Gasteiger partial charge in [-0.25, -0.2) is 4.68 Å². The fourth-order valence-corrected chi connectivity index (χ4v) is 4.26. The highest BCUT2D eigenvalue weighted by atomic mass is 35.5. The van der Waals surface area contributed by atoms with E-state index in [9.17, 15) is 9.59 Å². The summed E-state index contributed by atoms with van der Waals surface area (Å²) >= 11 is 6.28. The molecule has 2 aromatic rings. The van der Waals surface area contributed by atoms with E-state index in [-0.39, 0.29) is 17.9 Å². The van der Waals surface area contributed by atoms with Crippen molar-refractivity contribution >= 4 is 23.4 Å². The minimum absolute atomic E-state index is 0.000328. The average Bonchev–Trinajstić information content (AvgIpc) is 2.98. The van der Waals surface area contributed by atoms with Crippen LogP contribution < -0.4 is 5.32 Å². The molecule has 0 radical (unpaired) electrons. The van der Waals surface area contributed by atoms with Gasteiger partial charge in [0.15, 0.2) is 0 Å². The molecule has 2 heterocycles. The van der Waals surface area contributed by atoms with Crippen LogP contribution in [0.1, 0.15) is 55.6 Å². The lowest BCUT2D eigenvalue weighted by Gasteiger charge is -2.33. The van der Waals surface area contributed by atoms with Gasteiger partial charge in [0.25, 0.3) is 0 Å². The second kappa shape index (κ2) is 9.86. The number of carbonyl (C=O) groups excluding carboxylic acids is 2. The number of carbonyl (C=O) groups is 2. The molecule has 0 saturated carbocycles. The van der Waals surface area contributed by atoms with E-state index in [1.54, 1.807) is 0 Å². The number of hydrogen-bond donors (Lipinski definition) is 1. The van der Waals surface area contributed by atoms with Gasteiger partial charge >= 0.3 is 0 Å². The highest BCUT2D eigenvalue weighted by molar-refractivity contribution is 6.31. The van der Waals surface area contributed by atoms with Gasteiger partial charge in [-0.3, -0.25) is 9.59 Å². The molecule has 0 unspecified atom stereocenters. The van der Waals surface area contributed by atoms with Crippen LogP contribution in [0.3, 0.4) is 0 Å². The van der Waals surface area contributed by atoms with E-state index >= 15 is 0 Å². The van der Waals surface area contributed by atoms with Crippen molar-refractivity contribution in [2.45, 2.75) is 66.3 Å². The van der Waals surface area contributed by atoms with Gasteiger partial charge in [0, 0.05) is 41.8 Å². The Balaban J connectivity index is 1.60. The fourth-order valence-electron chi connectivity index (χ4n) is 4.09. The highest BCUT2D eigenvalue weighted by Gasteiger charge is 2.25. The Morgan fingerprint density at radius 3 is 2.48 bits per heavy atom.